The van der Waals surface area contributed by atoms with Gasteiger partial charge in [-0.3, -0.25) is 0 Å². The van der Waals surface area contributed by atoms with Crippen LogP contribution in [0.15, 0.2) is 425 Å². The second kappa shape index (κ2) is 25.4. The highest BCUT2D eigenvalue weighted by Crippen LogP contribution is 2.73. The molecule has 0 saturated heterocycles. The number of anilines is 9. The van der Waals surface area contributed by atoms with E-state index in [1.165, 1.54) is 127 Å². The van der Waals surface area contributed by atoms with E-state index in [4.69, 9.17) is 0 Å². The largest absolute Gasteiger partial charge is 0.310 e. The molecule has 0 aromatic heterocycles. The summed E-state index contributed by atoms with van der Waals surface area (Å²) in [5.41, 5.74) is 27.8. The monoisotopic (exact) mass is 1390 g/mol. The van der Waals surface area contributed by atoms with E-state index >= 15 is 0 Å². The van der Waals surface area contributed by atoms with E-state index in [0.29, 0.717) is 0 Å². The predicted molar refractivity (Wildman–Crippen MR) is 455 cm³/mol. The minimum Gasteiger partial charge on any atom is -0.310 e. The fourth-order valence-electron chi connectivity index (χ4n) is 19.5. The molecule has 0 radical (unpaired) electrons. The van der Waals surface area contributed by atoms with Gasteiger partial charge in [0.05, 0.1) is 27.9 Å². The van der Waals surface area contributed by atoms with Gasteiger partial charge in [0.2, 0.25) is 0 Å². The molecule has 109 heavy (non-hydrogen) atoms. The zero-order valence-electron chi connectivity index (χ0n) is 60.3. The fourth-order valence-corrected chi connectivity index (χ4v) is 19.5. The molecule has 0 heterocycles. The maximum atomic E-state index is 2.59. The lowest BCUT2D eigenvalue weighted by Crippen LogP contribution is -2.32. The van der Waals surface area contributed by atoms with E-state index in [2.05, 4.69) is 446 Å². The normalized spacial score (nSPS) is 14.5. The average molecular weight is 1390 g/mol. The van der Waals surface area contributed by atoms with Gasteiger partial charge in [0.1, 0.15) is 0 Å². The van der Waals surface area contributed by atoms with E-state index in [0.717, 1.165) is 51.2 Å². The Kier molecular flexibility index (Phi) is 14.8. The van der Waals surface area contributed by atoms with Gasteiger partial charge in [-0.05, 0) is 209 Å². The van der Waals surface area contributed by atoms with E-state index in [1.54, 1.807) is 0 Å². The van der Waals surface area contributed by atoms with Gasteiger partial charge in [-0.15, -0.1) is 0 Å². The Labute approximate surface area is 636 Å². The summed E-state index contributed by atoms with van der Waals surface area (Å²) in [6.07, 6.45) is 0. The van der Waals surface area contributed by atoms with Gasteiger partial charge in [-0.25, -0.2) is 0 Å². The molecule has 3 aliphatic rings. The Hall–Kier alpha value is -13.9. The average Bonchev–Trinajstić information content (AvgIpc) is 1.47. The Morgan fingerprint density at radius 1 is 0.193 bits per heavy atom. The molecule has 18 aromatic rings. The lowest BCUT2D eigenvalue weighted by atomic mass is 9.62. The van der Waals surface area contributed by atoms with Crippen molar-refractivity contribution >= 4 is 83.5 Å². The zero-order valence-corrected chi connectivity index (χ0v) is 60.3. The number of nitrogens with zero attached hydrogens (tertiary/aromatic N) is 3. The van der Waals surface area contributed by atoms with Crippen LogP contribution in [0.1, 0.15) is 68.1 Å². The predicted octanol–water partition coefficient (Wildman–Crippen LogP) is 27.6. The summed E-state index contributed by atoms with van der Waals surface area (Å²) in [5, 5.41) is 7.08. The molecule has 0 bridgehead atoms. The lowest BCUT2D eigenvalue weighted by Gasteiger charge is -2.39. The number of hydrogen-bond donors (Lipinski definition) is 0. The van der Waals surface area contributed by atoms with Gasteiger partial charge >= 0.3 is 0 Å². The standard InChI is InChI=1S/C106H73N3/c1-104(75-41-10-2-11-42-75)92-69-83(107(80-51-20-7-21-52-80)95-60-32-38-72-35-26-29-57-86(72)95)63-66-89(92)98-101(104)99-90-67-64-84(108(81-53-22-8-23-54-81)96-61-33-39-73-36-27-30-58-87(73)96)70-93(90)105(76-43-12-3-13-44-76,77-45-14-4-15-46-77)103(99)100-91-68-65-85(109(82-55-24-9-25-56-82)97-62-34-40-74-37-28-31-59-88(74)97)71-94(91)106(102(98)100,78-47-16-5-17-48-78)79-49-18-6-19-50-79/h2-71H,1H3/t104-/m1/s1. The van der Waals surface area contributed by atoms with Crippen molar-refractivity contribution in [1.29, 1.82) is 0 Å². The van der Waals surface area contributed by atoms with Gasteiger partial charge in [-0.1, -0.05) is 334 Å². The first-order chi connectivity index (χ1) is 54.0. The van der Waals surface area contributed by atoms with Crippen molar-refractivity contribution in [3.8, 4) is 33.4 Å². The molecule has 512 valence electrons. The third-order valence-electron chi connectivity index (χ3n) is 23.9. The molecular formula is C106H73N3. The van der Waals surface area contributed by atoms with Gasteiger partial charge in [0.15, 0.2) is 0 Å². The van der Waals surface area contributed by atoms with Crippen LogP contribution < -0.4 is 14.7 Å². The van der Waals surface area contributed by atoms with Crippen LogP contribution in [-0.2, 0) is 16.2 Å². The maximum Gasteiger partial charge on any atom is 0.0720 e. The summed E-state index contributed by atoms with van der Waals surface area (Å²) in [6, 6.07) is 160. The van der Waals surface area contributed by atoms with Crippen molar-refractivity contribution in [2.45, 2.75) is 23.2 Å². The molecule has 0 amide bonds. The minimum atomic E-state index is -0.974. The van der Waals surface area contributed by atoms with Crippen LogP contribution in [0.2, 0.25) is 0 Å². The van der Waals surface area contributed by atoms with E-state index < -0.39 is 16.2 Å². The van der Waals surface area contributed by atoms with Crippen molar-refractivity contribution in [1.82, 2.24) is 0 Å². The molecule has 0 unspecified atom stereocenters. The smallest absolute Gasteiger partial charge is 0.0720 e. The first kappa shape index (κ1) is 63.6. The highest BCUT2D eigenvalue weighted by molar-refractivity contribution is 6.11. The van der Waals surface area contributed by atoms with Gasteiger partial charge in [0.25, 0.3) is 0 Å². The Morgan fingerprint density at radius 3 is 0.761 bits per heavy atom. The Balaban J connectivity index is 0.970. The van der Waals surface area contributed by atoms with E-state index in [1.807, 2.05) is 0 Å². The van der Waals surface area contributed by atoms with E-state index in [9.17, 15) is 0 Å². The summed E-state index contributed by atoms with van der Waals surface area (Å²) < 4.78 is 0. The molecule has 0 fully saturated rings. The van der Waals surface area contributed by atoms with Crippen LogP contribution in [0.3, 0.4) is 0 Å². The molecule has 3 aliphatic carbocycles. The van der Waals surface area contributed by atoms with Gasteiger partial charge < -0.3 is 14.7 Å². The highest BCUT2D eigenvalue weighted by atomic mass is 15.2. The molecule has 3 heteroatoms. The summed E-state index contributed by atoms with van der Waals surface area (Å²) in [6.45, 7) is 2.57. The zero-order chi connectivity index (χ0) is 72.2. The third-order valence-corrected chi connectivity index (χ3v) is 23.9. The molecular weight excluding hydrogens is 1320 g/mol. The Bertz CT molecular complexity index is 6350. The fraction of sp³-hybridized carbons (Fsp3) is 0.0377. The van der Waals surface area contributed by atoms with Crippen LogP contribution in [0.4, 0.5) is 51.2 Å². The first-order valence-electron chi connectivity index (χ1n) is 38.0. The van der Waals surface area contributed by atoms with Crippen molar-refractivity contribution in [2.75, 3.05) is 14.7 Å². The molecule has 0 aliphatic heterocycles. The van der Waals surface area contributed by atoms with Crippen LogP contribution in [0, 0.1) is 0 Å². The van der Waals surface area contributed by atoms with Crippen LogP contribution in [0.5, 0.6) is 0 Å². The van der Waals surface area contributed by atoms with Crippen LogP contribution in [-0.4, -0.2) is 0 Å². The van der Waals surface area contributed by atoms with E-state index in [-0.39, 0.29) is 0 Å². The topological polar surface area (TPSA) is 9.72 Å². The van der Waals surface area contributed by atoms with Crippen LogP contribution >= 0.6 is 0 Å². The van der Waals surface area contributed by atoms with Crippen molar-refractivity contribution in [3.05, 3.63) is 486 Å². The molecule has 18 aromatic carbocycles. The SMILES string of the molecule is C[C@@]1(c2ccccc2)c2cc(N(c3ccccc3)c3cccc4ccccc34)ccc2-c2c3c(c4c(c21)-c1ccc(N(c2ccccc2)c2cccc5ccccc25)cc1C4(c1ccccc1)c1ccccc1)-c1ccc(N(c2ccccc2)c2cccc4ccccc24)cc1C3(c1ccccc1)c1ccccc1. The molecule has 21 rings (SSSR count). The molecule has 0 saturated carbocycles. The maximum absolute atomic E-state index is 2.59. The third kappa shape index (κ3) is 9.49. The highest BCUT2D eigenvalue weighted by Gasteiger charge is 2.60. The van der Waals surface area contributed by atoms with Crippen molar-refractivity contribution < 1.29 is 0 Å². The number of para-hydroxylation sites is 3. The quantitative estimate of drug-likeness (QED) is 0.107. The molecule has 0 spiro atoms. The first-order valence-corrected chi connectivity index (χ1v) is 38.0. The summed E-state index contributed by atoms with van der Waals surface area (Å²) in [4.78, 5) is 7.50. The summed E-state index contributed by atoms with van der Waals surface area (Å²) in [5.74, 6) is 0. The van der Waals surface area contributed by atoms with Crippen LogP contribution in [0.25, 0.3) is 65.7 Å². The second-order valence-electron chi connectivity index (χ2n) is 29.4. The van der Waals surface area contributed by atoms with Crippen molar-refractivity contribution in [3.63, 3.8) is 0 Å². The van der Waals surface area contributed by atoms with Crippen molar-refractivity contribution in [2.24, 2.45) is 0 Å². The summed E-state index contributed by atoms with van der Waals surface area (Å²) >= 11 is 0. The Morgan fingerprint density at radius 2 is 0.440 bits per heavy atom. The number of fused-ring (bicyclic) bond motifs is 15. The lowest BCUT2D eigenvalue weighted by molar-refractivity contribution is 0.707. The summed E-state index contributed by atoms with van der Waals surface area (Å²) in [7, 11) is 0. The second-order valence-corrected chi connectivity index (χ2v) is 29.4. The molecule has 1 atom stereocenters. The number of benzene rings is 18. The minimum absolute atomic E-state index is 0.821. The number of rotatable bonds is 14. The molecule has 0 N–H and O–H groups in total. The number of hydrogen-bond acceptors (Lipinski definition) is 3. The van der Waals surface area contributed by atoms with Gasteiger partial charge in [-0.2, -0.15) is 0 Å². The molecule has 3 nitrogen and oxygen atoms in total. The van der Waals surface area contributed by atoms with Gasteiger partial charge in [0, 0.05) is 55.7 Å².